The minimum Gasteiger partial charge on any atom is -0.457 e. The molecule has 1 amide bonds. The van der Waals surface area contributed by atoms with Crippen LogP contribution in [0.5, 0.6) is 11.5 Å². The smallest absolute Gasteiger partial charge is 0.271 e. The van der Waals surface area contributed by atoms with Gasteiger partial charge in [0, 0.05) is 18.2 Å². The molecule has 150 valence electrons. The molecular formula is C21H12F2N2O4S. The maximum absolute atomic E-state index is 14.0. The monoisotopic (exact) mass is 426 g/mol. The van der Waals surface area contributed by atoms with Crippen LogP contribution in [-0.2, 0) is 4.79 Å². The van der Waals surface area contributed by atoms with Crippen LogP contribution in [0.1, 0.15) is 5.76 Å². The van der Waals surface area contributed by atoms with Gasteiger partial charge in [0.2, 0.25) is 6.79 Å². The number of rotatable bonds is 3. The highest BCUT2D eigenvalue weighted by molar-refractivity contribution is 8.19. The zero-order chi connectivity index (χ0) is 20.8. The molecule has 0 spiro atoms. The SMILES string of the molecule is N=C1S/C(=C\c2ccc(-c3ccc(F)cc3F)o2)C(=O)N1c1ccc2c(c1)OCO2. The largest absolute Gasteiger partial charge is 0.457 e. The van der Waals surface area contributed by atoms with Crippen LogP contribution in [0.3, 0.4) is 0 Å². The molecule has 1 N–H and O–H groups in total. The second kappa shape index (κ2) is 7.03. The van der Waals surface area contributed by atoms with E-state index in [9.17, 15) is 13.6 Å². The van der Waals surface area contributed by atoms with E-state index in [4.69, 9.17) is 19.3 Å². The van der Waals surface area contributed by atoms with Crippen molar-refractivity contribution in [3.8, 4) is 22.8 Å². The Labute approximate surface area is 173 Å². The fourth-order valence-electron chi connectivity index (χ4n) is 3.14. The highest BCUT2D eigenvalue weighted by Gasteiger charge is 2.34. The predicted molar refractivity (Wildman–Crippen MR) is 107 cm³/mol. The Morgan fingerprint density at radius 1 is 1.03 bits per heavy atom. The van der Waals surface area contributed by atoms with Gasteiger partial charge in [-0.25, -0.2) is 8.78 Å². The third kappa shape index (κ3) is 3.13. The Hall–Kier alpha value is -3.59. The third-order valence-electron chi connectivity index (χ3n) is 4.53. The van der Waals surface area contributed by atoms with Crippen molar-refractivity contribution in [2.75, 3.05) is 11.7 Å². The maximum atomic E-state index is 14.0. The third-order valence-corrected chi connectivity index (χ3v) is 5.42. The second-order valence-corrected chi connectivity index (χ2v) is 7.45. The van der Waals surface area contributed by atoms with Crippen molar-refractivity contribution in [1.82, 2.24) is 0 Å². The Morgan fingerprint density at radius 3 is 2.70 bits per heavy atom. The molecule has 0 bridgehead atoms. The van der Waals surface area contributed by atoms with Gasteiger partial charge in [-0.1, -0.05) is 0 Å². The average Bonchev–Trinajstić information content (AvgIpc) is 3.42. The van der Waals surface area contributed by atoms with Crippen molar-refractivity contribution in [2.45, 2.75) is 0 Å². The summed E-state index contributed by atoms with van der Waals surface area (Å²) in [4.78, 5) is 14.4. The molecule has 1 aromatic heterocycles. The van der Waals surface area contributed by atoms with Crippen molar-refractivity contribution in [1.29, 1.82) is 5.41 Å². The molecule has 2 aliphatic heterocycles. The van der Waals surface area contributed by atoms with Crippen LogP contribution in [0.25, 0.3) is 17.4 Å². The van der Waals surface area contributed by atoms with E-state index >= 15 is 0 Å². The van der Waals surface area contributed by atoms with Gasteiger partial charge in [0.1, 0.15) is 23.2 Å². The number of benzene rings is 2. The molecule has 6 nitrogen and oxygen atoms in total. The normalized spacial score (nSPS) is 16.7. The number of carbonyl (C=O) groups excluding carboxylic acids is 1. The van der Waals surface area contributed by atoms with Gasteiger partial charge in [-0.15, -0.1) is 0 Å². The summed E-state index contributed by atoms with van der Waals surface area (Å²) < 4.78 is 43.3. The summed E-state index contributed by atoms with van der Waals surface area (Å²) >= 11 is 0.980. The topological polar surface area (TPSA) is 75.8 Å². The van der Waals surface area contributed by atoms with E-state index in [0.29, 0.717) is 22.9 Å². The molecule has 3 aromatic rings. The molecule has 2 aliphatic rings. The van der Waals surface area contributed by atoms with Crippen LogP contribution in [0.4, 0.5) is 14.5 Å². The van der Waals surface area contributed by atoms with Crippen LogP contribution in [0, 0.1) is 17.0 Å². The highest BCUT2D eigenvalue weighted by Crippen LogP contribution is 2.40. The number of amidine groups is 1. The first kappa shape index (κ1) is 18.4. The molecule has 1 saturated heterocycles. The number of fused-ring (bicyclic) bond motifs is 1. The summed E-state index contributed by atoms with van der Waals surface area (Å²) in [7, 11) is 0. The number of hydrogen-bond acceptors (Lipinski definition) is 6. The lowest BCUT2D eigenvalue weighted by Crippen LogP contribution is -2.28. The van der Waals surface area contributed by atoms with E-state index in [0.717, 1.165) is 23.9 Å². The number of thioether (sulfide) groups is 1. The van der Waals surface area contributed by atoms with Crippen molar-refractivity contribution < 1.29 is 27.5 Å². The van der Waals surface area contributed by atoms with Gasteiger partial charge < -0.3 is 13.9 Å². The second-order valence-electron chi connectivity index (χ2n) is 6.42. The first-order chi connectivity index (χ1) is 14.5. The van der Waals surface area contributed by atoms with Crippen molar-refractivity contribution in [2.24, 2.45) is 0 Å². The van der Waals surface area contributed by atoms with Gasteiger partial charge >= 0.3 is 0 Å². The number of ether oxygens (including phenoxy) is 2. The number of carbonyl (C=O) groups is 1. The lowest BCUT2D eigenvalue weighted by atomic mass is 10.1. The fourth-order valence-corrected chi connectivity index (χ4v) is 3.98. The van der Waals surface area contributed by atoms with Crippen LogP contribution in [0.15, 0.2) is 57.9 Å². The van der Waals surface area contributed by atoms with Crippen molar-refractivity contribution in [3.05, 3.63) is 70.8 Å². The molecule has 3 heterocycles. The Bertz CT molecular complexity index is 1240. The summed E-state index contributed by atoms with van der Waals surface area (Å²) in [5, 5.41) is 8.22. The molecule has 0 unspecified atom stereocenters. The zero-order valence-electron chi connectivity index (χ0n) is 15.1. The van der Waals surface area contributed by atoms with E-state index in [-0.39, 0.29) is 28.2 Å². The number of nitrogens with one attached hydrogen (secondary N) is 1. The lowest BCUT2D eigenvalue weighted by Gasteiger charge is -2.14. The fraction of sp³-hybridized carbons (Fsp3) is 0.0476. The van der Waals surface area contributed by atoms with Gasteiger partial charge in [0.15, 0.2) is 16.7 Å². The maximum Gasteiger partial charge on any atom is 0.271 e. The van der Waals surface area contributed by atoms with Crippen LogP contribution in [0.2, 0.25) is 0 Å². The summed E-state index contributed by atoms with van der Waals surface area (Å²) in [5.74, 6) is -0.216. The number of anilines is 1. The van der Waals surface area contributed by atoms with E-state index in [2.05, 4.69) is 0 Å². The molecule has 30 heavy (non-hydrogen) atoms. The molecular weight excluding hydrogens is 414 g/mol. The molecule has 0 atom stereocenters. The van der Waals surface area contributed by atoms with Gasteiger partial charge in [-0.3, -0.25) is 15.1 Å². The van der Waals surface area contributed by atoms with Crippen molar-refractivity contribution in [3.63, 3.8) is 0 Å². The molecule has 0 saturated carbocycles. The first-order valence-electron chi connectivity index (χ1n) is 8.77. The average molecular weight is 426 g/mol. The highest BCUT2D eigenvalue weighted by atomic mass is 32.2. The minimum atomic E-state index is -0.745. The van der Waals surface area contributed by atoms with Gasteiger partial charge in [-0.05, 0) is 48.2 Å². The zero-order valence-corrected chi connectivity index (χ0v) is 16.0. The van der Waals surface area contributed by atoms with Crippen LogP contribution in [-0.4, -0.2) is 17.9 Å². The summed E-state index contributed by atoms with van der Waals surface area (Å²) in [5.41, 5.74) is 0.597. The van der Waals surface area contributed by atoms with E-state index in [1.165, 1.54) is 23.1 Å². The van der Waals surface area contributed by atoms with Crippen LogP contribution < -0.4 is 14.4 Å². The van der Waals surface area contributed by atoms with Gasteiger partial charge in [0.25, 0.3) is 5.91 Å². The predicted octanol–water partition coefficient (Wildman–Crippen LogP) is 5.01. The number of nitrogens with zero attached hydrogens (tertiary/aromatic N) is 1. The quantitative estimate of drug-likeness (QED) is 0.596. The minimum absolute atomic E-state index is 0.0291. The molecule has 5 rings (SSSR count). The first-order valence-corrected chi connectivity index (χ1v) is 9.59. The molecule has 0 aliphatic carbocycles. The number of furan rings is 1. The van der Waals surface area contributed by atoms with E-state index in [1.807, 2.05) is 0 Å². The summed E-state index contributed by atoms with van der Waals surface area (Å²) in [6, 6.07) is 11.3. The molecule has 0 radical (unpaired) electrons. The molecule has 1 fully saturated rings. The number of hydrogen-bond donors (Lipinski definition) is 1. The van der Waals surface area contributed by atoms with Gasteiger partial charge in [0.05, 0.1) is 16.2 Å². The van der Waals surface area contributed by atoms with Crippen LogP contribution >= 0.6 is 11.8 Å². The number of amides is 1. The Morgan fingerprint density at radius 2 is 1.87 bits per heavy atom. The molecule has 2 aromatic carbocycles. The number of halogens is 2. The van der Waals surface area contributed by atoms with Gasteiger partial charge in [-0.2, -0.15) is 0 Å². The van der Waals surface area contributed by atoms with E-state index in [1.54, 1.807) is 24.3 Å². The standard InChI is InChI=1S/C21H12F2N2O4S/c22-11-1-4-14(15(23)7-11)16-6-3-13(29-16)9-19-20(26)25(21(24)30-19)12-2-5-17-18(8-12)28-10-27-17/h1-9,24H,10H2/b19-9-,24-21?. The lowest BCUT2D eigenvalue weighted by molar-refractivity contribution is -0.113. The van der Waals surface area contributed by atoms with E-state index < -0.39 is 17.5 Å². The summed E-state index contributed by atoms with van der Waals surface area (Å²) in [6.45, 7) is 0.111. The Kier molecular flexibility index (Phi) is 4.32. The summed E-state index contributed by atoms with van der Waals surface area (Å²) in [6.07, 6.45) is 1.49. The van der Waals surface area contributed by atoms with Crippen molar-refractivity contribution >= 4 is 34.6 Å². The molecule has 9 heteroatoms. The Balaban J connectivity index is 1.42.